The molecule has 0 bridgehead atoms. The van der Waals surface area contributed by atoms with E-state index < -0.39 is 4.92 Å². The van der Waals surface area contributed by atoms with E-state index in [1.165, 1.54) is 6.33 Å². The smallest absolute Gasteiger partial charge is 0.337 e. The zero-order chi connectivity index (χ0) is 15.5. The van der Waals surface area contributed by atoms with Crippen molar-refractivity contribution in [2.24, 2.45) is 0 Å². The van der Waals surface area contributed by atoms with Crippen molar-refractivity contribution in [3.05, 3.63) is 40.7 Å². The topological polar surface area (TPSA) is 107 Å². The van der Waals surface area contributed by atoms with Crippen molar-refractivity contribution >= 4 is 17.2 Å². The summed E-state index contributed by atoms with van der Waals surface area (Å²) in [5.74, 6) is 0.307. The average molecular weight is 301 g/mol. The number of anilines is 2. The molecule has 22 heavy (non-hydrogen) atoms. The lowest BCUT2D eigenvalue weighted by Gasteiger charge is -2.27. The minimum atomic E-state index is -0.452. The Labute approximate surface area is 126 Å². The van der Waals surface area contributed by atoms with Crippen LogP contribution in [-0.4, -0.2) is 41.2 Å². The lowest BCUT2D eigenvalue weighted by Crippen LogP contribution is -2.37. The summed E-state index contributed by atoms with van der Waals surface area (Å²) in [6.07, 6.45) is 1.33. The number of hydrogen-bond acceptors (Lipinski definition) is 7. The van der Waals surface area contributed by atoms with Gasteiger partial charge in [0.2, 0.25) is 5.82 Å². The molecule has 0 saturated carbocycles. The van der Waals surface area contributed by atoms with Crippen LogP contribution >= 0.6 is 0 Å². The lowest BCUT2D eigenvalue weighted by atomic mass is 10.1. The molecule has 114 valence electrons. The van der Waals surface area contributed by atoms with Gasteiger partial charge in [0.15, 0.2) is 5.69 Å². The molecule has 0 spiro atoms. The highest BCUT2D eigenvalue weighted by molar-refractivity contribution is 5.83. The quantitative estimate of drug-likeness (QED) is 0.519. The molecule has 1 saturated heterocycles. The maximum atomic E-state index is 11.6. The van der Waals surface area contributed by atoms with Gasteiger partial charge in [-0.2, -0.15) is 0 Å². The van der Waals surface area contributed by atoms with Gasteiger partial charge in [0.25, 0.3) is 0 Å². The number of para-hydroxylation sites is 1. The van der Waals surface area contributed by atoms with E-state index in [2.05, 4.69) is 9.97 Å². The highest BCUT2D eigenvalue weighted by Crippen LogP contribution is 2.37. The SMILES string of the molecule is Nc1ccccc1-c1ncnc(N2CCOCC2)c1[N+](=O)[O-]. The number of rotatable bonds is 3. The zero-order valence-corrected chi connectivity index (χ0v) is 11.8. The van der Waals surface area contributed by atoms with E-state index in [0.717, 1.165) is 0 Å². The number of nitrogens with zero attached hydrogens (tertiary/aromatic N) is 4. The van der Waals surface area contributed by atoms with Gasteiger partial charge in [-0.25, -0.2) is 9.97 Å². The van der Waals surface area contributed by atoms with E-state index in [9.17, 15) is 10.1 Å². The zero-order valence-electron chi connectivity index (χ0n) is 11.8. The molecule has 2 heterocycles. The average Bonchev–Trinajstić information content (AvgIpc) is 2.55. The van der Waals surface area contributed by atoms with Crippen molar-refractivity contribution in [1.29, 1.82) is 0 Å². The van der Waals surface area contributed by atoms with Crippen molar-refractivity contribution in [2.45, 2.75) is 0 Å². The minimum absolute atomic E-state index is 0.123. The van der Waals surface area contributed by atoms with Crippen LogP contribution in [0.5, 0.6) is 0 Å². The van der Waals surface area contributed by atoms with Crippen LogP contribution in [0.25, 0.3) is 11.3 Å². The van der Waals surface area contributed by atoms with Crippen molar-refractivity contribution in [2.75, 3.05) is 36.9 Å². The predicted octanol–water partition coefficient (Wildman–Crippen LogP) is 1.47. The van der Waals surface area contributed by atoms with Crippen LogP contribution in [0.4, 0.5) is 17.2 Å². The summed E-state index contributed by atoms with van der Waals surface area (Å²) in [6, 6.07) is 6.95. The second kappa shape index (κ2) is 5.94. The largest absolute Gasteiger partial charge is 0.398 e. The Balaban J connectivity index is 2.15. The van der Waals surface area contributed by atoms with Crippen LogP contribution in [0, 0.1) is 10.1 Å². The van der Waals surface area contributed by atoms with Crippen LogP contribution in [0.2, 0.25) is 0 Å². The summed E-state index contributed by atoms with van der Waals surface area (Å²) in [4.78, 5) is 21.2. The van der Waals surface area contributed by atoms with Crippen LogP contribution in [0.1, 0.15) is 0 Å². The van der Waals surface area contributed by atoms with Crippen molar-refractivity contribution in [1.82, 2.24) is 9.97 Å². The van der Waals surface area contributed by atoms with Gasteiger partial charge in [-0.1, -0.05) is 18.2 Å². The molecule has 0 aliphatic carbocycles. The Hall–Kier alpha value is -2.74. The first-order valence-corrected chi connectivity index (χ1v) is 6.85. The van der Waals surface area contributed by atoms with E-state index in [-0.39, 0.29) is 11.4 Å². The molecule has 0 amide bonds. The monoisotopic (exact) mass is 301 g/mol. The number of ether oxygens (including phenoxy) is 1. The third kappa shape index (κ3) is 2.56. The molecule has 3 rings (SSSR count). The van der Waals surface area contributed by atoms with Crippen molar-refractivity contribution in [3.8, 4) is 11.3 Å². The summed E-state index contributed by atoms with van der Waals surface area (Å²) >= 11 is 0. The van der Waals surface area contributed by atoms with Crippen LogP contribution in [-0.2, 0) is 4.74 Å². The minimum Gasteiger partial charge on any atom is -0.398 e. The van der Waals surface area contributed by atoms with Gasteiger partial charge in [-0.15, -0.1) is 0 Å². The summed E-state index contributed by atoms with van der Waals surface area (Å²) in [5, 5.41) is 11.6. The van der Waals surface area contributed by atoms with Gasteiger partial charge in [0.05, 0.1) is 18.1 Å². The molecule has 2 aromatic rings. The molecule has 1 aliphatic rings. The molecule has 0 atom stereocenters. The first kappa shape index (κ1) is 14.2. The summed E-state index contributed by atoms with van der Waals surface area (Å²) < 4.78 is 5.28. The van der Waals surface area contributed by atoms with E-state index in [4.69, 9.17) is 10.5 Å². The molecular formula is C14H15N5O3. The number of nitrogens with two attached hydrogens (primary N) is 1. The van der Waals surface area contributed by atoms with Gasteiger partial charge in [-0.3, -0.25) is 10.1 Å². The molecule has 8 nitrogen and oxygen atoms in total. The number of aromatic nitrogens is 2. The Morgan fingerprint density at radius 3 is 2.64 bits per heavy atom. The predicted molar refractivity (Wildman–Crippen MR) is 81.6 cm³/mol. The van der Waals surface area contributed by atoms with Crippen LogP contribution in [0.15, 0.2) is 30.6 Å². The van der Waals surface area contributed by atoms with Gasteiger partial charge in [-0.05, 0) is 6.07 Å². The fraction of sp³-hybridized carbons (Fsp3) is 0.286. The molecule has 1 aliphatic heterocycles. The van der Waals surface area contributed by atoms with Crippen LogP contribution in [0.3, 0.4) is 0 Å². The number of hydrogen-bond donors (Lipinski definition) is 1. The fourth-order valence-electron chi connectivity index (χ4n) is 2.45. The second-order valence-corrected chi connectivity index (χ2v) is 4.84. The summed E-state index contributed by atoms with van der Waals surface area (Å²) in [5.41, 5.74) is 7.02. The van der Waals surface area contributed by atoms with Gasteiger partial charge < -0.3 is 15.4 Å². The normalized spacial score (nSPS) is 14.8. The Morgan fingerprint density at radius 2 is 1.95 bits per heavy atom. The highest BCUT2D eigenvalue weighted by atomic mass is 16.6. The first-order valence-electron chi connectivity index (χ1n) is 6.85. The van der Waals surface area contributed by atoms with E-state index in [0.29, 0.717) is 43.4 Å². The molecule has 8 heteroatoms. The number of morpholine rings is 1. The van der Waals surface area contributed by atoms with Gasteiger partial charge in [0, 0.05) is 24.3 Å². The maximum absolute atomic E-state index is 11.6. The Bertz CT molecular complexity index is 701. The molecule has 1 aromatic carbocycles. The number of benzene rings is 1. The Kier molecular flexibility index (Phi) is 3.84. The van der Waals surface area contributed by atoms with Gasteiger partial charge >= 0.3 is 5.69 Å². The summed E-state index contributed by atoms with van der Waals surface area (Å²) in [7, 11) is 0. The highest BCUT2D eigenvalue weighted by Gasteiger charge is 2.29. The van der Waals surface area contributed by atoms with E-state index >= 15 is 0 Å². The molecule has 2 N–H and O–H groups in total. The van der Waals surface area contributed by atoms with E-state index in [1.54, 1.807) is 24.3 Å². The molecular weight excluding hydrogens is 286 g/mol. The Morgan fingerprint density at radius 1 is 1.23 bits per heavy atom. The molecule has 0 unspecified atom stereocenters. The molecule has 1 aromatic heterocycles. The number of nitrogen functional groups attached to an aromatic ring is 1. The molecule has 0 radical (unpaired) electrons. The summed E-state index contributed by atoms with van der Waals surface area (Å²) in [6.45, 7) is 2.15. The maximum Gasteiger partial charge on any atom is 0.337 e. The lowest BCUT2D eigenvalue weighted by molar-refractivity contribution is -0.383. The molecule has 1 fully saturated rings. The first-order chi connectivity index (χ1) is 10.7. The number of nitro groups is 1. The van der Waals surface area contributed by atoms with E-state index in [1.807, 2.05) is 4.90 Å². The van der Waals surface area contributed by atoms with Crippen molar-refractivity contribution in [3.63, 3.8) is 0 Å². The second-order valence-electron chi connectivity index (χ2n) is 4.84. The van der Waals surface area contributed by atoms with Crippen molar-refractivity contribution < 1.29 is 9.66 Å². The van der Waals surface area contributed by atoms with Gasteiger partial charge in [0.1, 0.15) is 6.33 Å². The third-order valence-electron chi connectivity index (χ3n) is 3.51. The standard InChI is InChI=1S/C14H15N5O3/c15-11-4-2-1-3-10(11)12-13(19(20)21)14(17-9-16-12)18-5-7-22-8-6-18/h1-4,9H,5-8,15H2. The third-order valence-corrected chi connectivity index (χ3v) is 3.51. The fourth-order valence-corrected chi connectivity index (χ4v) is 2.45. The van der Waals surface area contributed by atoms with Crippen LogP contribution < -0.4 is 10.6 Å².